The summed E-state index contributed by atoms with van der Waals surface area (Å²) >= 11 is 2.64. The van der Waals surface area contributed by atoms with Crippen LogP contribution in [0.4, 0.5) is 8.78 Å². The van der Waals surface area contributed by atoms with Crippen LogP contribution in [0.5, 0.6) is 0 Å². The second kappa shape index (κ2) is 3.99. The first kappa shape index (κ1) is 12.3. The molecule has 0 aliphatic carbocycles. The molecular weight excluding hydrogens is 298 g/mol. The van der Waals surface area contributed by atoms with Gasteiger partial charge in [0, 0.05) is 11.6 Å². The quantitative estimate of drug-likeness (QED) is 0.843. The summed E-state index contributed by atoms with van der Waals surface area (Å²) in [5.74, 6) is 0. The molecule has 1 rings (SSSR count). The van der Waals surface area contributed by atoms with E-state index in [4.69, 9.17) is 5.14 Å². The van der Waals surface area contributed by atoms with Crippen LogP contribution in [0.3, 0.4) is 0 Å². The molecule has 0 saturated carbocycles. The molecule has 0 bridgehead atoms. The van der Waals surface area contributed by atoms with Gasteiger partial charge < -0.3 is 4.98 Å². The average Bonchev–Trinajstić information content (AvgIpc) is 2.06. The molecule has 0 radical (unpaired) electrons. The van der Waals surface area contributed by atoms with Crippen LogP contribution in [-0.2, 0) is 10.0 Å². The van der Waals surface area contributed by atoms with Crippen molar-refractivity contribution in [1.29, 1.82) is 0 Å². The predicted octanol–water partition coefficient (Wildman–Crippen LogP) is 0.722. The third kappa shape index (κ3) is 2.61. The number of hydrogen-bond donors (Lipinski definition) is 2. The van der Waals surface area contributed by atoms with Crippen molar-refractivity contribution in [2.45, 2.75) is 11.5 Å². The molecule has 0 spiro atoms. The van der Waals surface area contributed by atoms with Crippen molar-refractivity contribution in [3.8, 4) is 0 Å². The Morgan fingerprint density at radius 1 is 1.47 bits per heavy atom. The van der Waals surface area contributed by atoms with Gasteiger partial charge in [-0.2, -0.15) is 0 Å². The SMILES string of the molecule is NS(=O)(=O)c1[nH]c(=O)cc(C(F)F)c1Br. The predicted molar refractivity (Wildman–Crippen MR) is 51.1 cm³/mol. The normalized spacial score (nSPS) is 12.1. The largest absolute Gasteiger partial charge is 0.311 e. The fourth-order valence-electron chi connectivity index (χ4n) is 0.893. The lowest BCUT2D eigenvalue weighted by Gasteiger charge is -2.06. The Balaban J connectivity index is 3.64. The number of aromatic nitrogens is 1. The smallest absolute Gasteiger partial charge is 0.265 e. The number of H-pyrrole nitrogens is 1. The van der Waals surface area contributed by atoms with Gasteiger partial charge in [-0.3, -0.25) is 4.79 Å². The monoisotopic (exact) mass is 302 g/mol. The van der Waals surface area contributed by atoms with Crippen LogP contribution in [0.15, 0.2) is 20.4 Å². The van der Waals surface area contributed by atoms with Gasteiger partial charge in [0.05, 0.1) is 4.47 Å². The first-order valence-corrected chi connectivity index (χ1v) is 5.81. The standard InChI is InChI=1S/C6H5BrF2N2O3S/c7-4-2(5(8)9)1-3(12)11-6(4)15(10,13)14/h1,5H,(H,11,12)(H2,10,13,14). The molecule has 84 valence electrons. The Bertz CT molecular complexity index is 540. The van der Waals surface area contributed by atoms with Crippen LogP contribution in [0.1, 0.15) is 12.0 Å². The van der Waals surface area contributed by atoms with Crippen molar-refractivity contribution in [1.82, 2.24) is 4.98 Å². The highest BCUT2D eigenvalue weighted by atomic mass is 79.9. The number of rotatable bonds is 2. The summed E-state index contributed by atoms with van der Waals surface area (Å²) in [6, 6.07) is 0.601. The average molecular weight is 303 g/mol. The van der Waals surface area contributed by atoms with Gasteiger partial charge >= 0.3 is 0 Å². The minimum atomic E-state index is -4.25. The topological polar surface area (TPSA) is 93.0 Å². The second-order valence-corrected chi connectivity index (χ2v) is 4.87. The lowest BCUT2D eigenvalue weighted by atomic mass is 10.3. The maximum absolute atomic E-state index is 12.4. The number of alkyl halides is 2. The summed E-state index contributed by atoms with van der Waals surface area (Å²) in [6.45, 7) is 0. The lowest BCUT2D eigenvalue weighted by molar-refractivity contribution is 0.150. The highest BCUT2D eigenvalue weighted by Crippen LogP contribution is 2.29. The molecule has 0 aromatic carbocycles. The fourth-order valence-corrected chi connectivity index (χ4v) is 2.57. The highest BCUT2D eigenvalue weighted by molar-refractivity contribution is 9.10. The molecule has 0 aliphatic rings. The van der Waals surface area contributed by atoms with Gasteiger partial charge in [0.15, 0.2) is 5.03 Å². The Labute approximate surface area is 91.5 Å². The van der Waals surface area contributed by atoms with Gasteiger partial charge in [0.1, 0.15) is 0 Å². The van der Waals surface area contributed by atoms with Crippen LogP contribution in [0, 0.1) is 0 Å². The maximum Gasteiger partial charge on any atom is 0.265 e. The van der Waals surface area contributed by atoms with E-state index in [0.29, 0.717) is 6.07 Å². The van der Waals surface area contributed by atoms with E-state index in [1.54, 1.807) is 0 Å². The number of sulfonamides is 1. The zero-order valence-corrected chi connectivity index (χ0v) is 9.40. The summed E-state index contributed by atoms with van der Waals surface area (Å²) in [7, 11) is -4.25. The lowest BCUT2D eigenvalue weighted by Crippen LogP contribution is -2.20. The molecule has 0 atom stereocenters. The Morgan fingerprint density at radius 3 is 2.40 bits per heavy atom. The number of nitrogens with one attached hydrogen (secondary N) is 1. The summed E-state index contributed by atoms with van der Waals surface area (Å²) in [5, 5.41) is 3.96. The van der Waals surface area contributed by atoms with Crippen molar-refractivity contribution in [2.24, 2.45) is 5.14 Å². The number of nitrogens with two attached hydrogens (primary N) is 1. The molecule has 1 aromatic heterocycles. The minimum absolute atomic E-state index is 0.431. The van der Waals surface area contributed by atoms with E-state index in [9.17, 15) is 22.0 Å². The van der Waals surface area contributed by atoms with Crippen molar-refractivity contribution < 1.29 is 17.2 Å². The summed E-state index contributed by atoms with van der Waals surface area (Å²) in [4.78, 5) is 12.7. The Morgan fingerprint density at radius 2 is 2.00 bits per heavy atom. The number of pyridine rings is 1. The molecule has 15 heavy (non-hydrogen) atoms. The molecule has 0 amide bonds. The molecule has 0 fully saturated rings. The molecule has 0 saturated heterocycles. The van der Waals surface area contributed by atoms with Gasteiger partial charge in [-0.15, -0.1) is 0 Å². The summed E-state index contributed by atoms with van der Waals surface area (Å²) in [5.41, 5.74) is -1.68. The zero-order valence-electron chi connectivity index (χ0n) is 7.00. The molecule has 9 heteroatoms. The highest BCUT2D eigenvalue weighted by Gasteiger charge is 2.21. The molecule has 3 N–H and O–H groups in total. The van der Waals surface area contributed by atoms with E-state index in [0.717, 1.165) is 0 Å². The third-order valence-corrected chi connectivity index (χ3v) is 3.49. The van der Waals surface area contributed by atoms with E-state index in [1.807, 2.05) is 4.98 Å². The van der Waals surface area contributed by atoms with Crippen LogP contribution >= 0.6 is 15.9 Å². The van der Waals surface area contributed by atoms with Crippen molar-refractivity contribution in [3.05, 3.63) is 26.5 Å². The molecule has 1 aromatic rings. The first-order chi connectivity index (χ1) is 6.73. The number of halogens is 3. The summed E-state index contributed by atoms with van der Waals surface area (Å²) in [6.07, 6.45) is -2.97. The fraction of sp³-hybridized carbons (Fsp3) is 0.167. The molecule has 5 nitrogen and oxygen atoms in total. The van der Waals surface area contributed by atoms with E-state index in [2.05, 4.69) is 15.9 Å². The van der Waals surface area contributed by atoms with Gasteiger partial charge in [0.2, 0.25) is 5.56 Å². The number of aromatic amines is 1. The molecular formula is C6H5BrF2N2O3S. The summed E-state index contributed by atoms with van der Waals surface area (Å²) < 4.78 is 46.1. The minimum Gasteiger partial charge on any atom is -0.311 e. The van der Waals surface area contributed by atoms with Gasteiger partial charge in [-0.25, -0.2) is 22.3 Å². The van der Waals surface area contributed by atoms with Gasteiger partial charge in [-0.05, 0) is 15.9 Å². The Hall–Kier alpha value is -0.800. The van der Waals surface area contributed by atoms with Crippen LogP contribution in [0.2, 0.25) is 0 Å². The molecule has 1 heterocycles. The molecule has 0 aliphatic heterocycles. The van der Waals surface area contributed by atoms with Crippen LogP contribution in [-0.4, -0.2) is 13.4 Å². The zero-order chi connectivity index (χ0) is 11.8. The van der Waals surface area contributed by atoms with Gasteiger partial charge in [0.25, 0.3) is 16.4 Å². The number of hydrogen-bond acceptors (Lipinski definition) is 3. The van der Waals surface area contributed by atoms with Gasteiger partial charge in [-0.1, -0.05) is 0 Å². The second-order valence-electron chi connectivity index (χ2n) is 2.58. The van der Waals surface area contributed by atoms with Crippen molar-refractivity contribution in [3.63, 3.8) is 0 Å². The first-order valence-electron chi connectivity index (χ1n) is 3.47. The van der Waals surface area contributed by atoms with E-state index in [-0.39, 0.29) is 0 Å². The molecule has 0 unspecified atom stereocenters. The Kier molecular flexibility index (Phi) is 3.26. The van der Waals surface area contributed by atoms with Crippen LogP contribution < -0.4 is 10.7 Å². The van der Waals surface area contributed by atoms with Crippen molar-refractivity contribution in [2.75, 3.05) is 0 Å². The maximum atomic E-state index is 12.4. The van der Waals surface area contributed by atoms with E-state index < -0.39 is 37.1 Å². The number of primary sulfonamides is 1. The third-order valence-electron chi connectivity index (χ3n) is 1.50. The van der Waals surface area contributed by atoms with E-state index in [1.165, 1.54) is 0 Å². The van der Waals surface area contributed by atoms with Crippen LogP contribution in [0.25, 0.3) is 0 Å². The van der Waals surface area contributed by atoms with Crippen molar-refractivity contribution >= 4 is 26.0 Å². The van der Waals surface area contributed by atoms with E-state index >= 15 is 0 Å².